The van der Waals surface area contributed by atoms with Gasteiger partial charge in [0.2, 0.25) is 5.88 Å². The third-order valence-electron chi connectivity index (χ3n) is 5.73. The van der Waals surface area contributed by atoms with Crippen LogP contribution in [0.1, 0.15) is 30.0 Å². The van der Waals surface area contributed by atoms with Gasteiger partial charge in [-0.15, -0.1) is 0 Å². The first-order valence-electron chi connectivity index (χ1n) is 10.3. The highest BCUT2D eigenvalue weighted by atomic mass is 19.1. The number of ether oxygens (including phenoxy) is 2. The van der Waals surface area contributed by atoms with Crippen molar-refractivity contribution in [2.24, 2.45) is 0 Å². The lowest BCUT2D eigenvalue weighted by Gasteiger charge is -2.22. The Bertz CT molecular complexity index is 1060. The van der Waals surface area contributed by atoms with Crippen LogP contribution in [-0.2, 0) is 25.8 Å². The number of hydrogen-bond acceptors (Lipinski definition) is 4. The Hall–Kier alpha value is -3.15. The predicted octanol–water partition coefficient (Wildman–Crippen LogP) is 4.84. The summed E-state index contributed by atoms with van der Waals surface area (Å²) < 4.78 is 26.2. The summed E-state index contributed by atoms with van der Waals surface area (Å²) in [5, 5.41) is 21.4. The Morgan fingerprint density at radius 3 is 2.33 bits per heavy atom. The van der Waals surface area contributed by atoms with Crippen LogP contribution < -0.4 is 9.47 Å². The normalized spacial score (nSPS) is 12.4. The fourth-order valence-electron chi connectivity index (χ4n) is 4.24. The van der Waals surface area contributed by atoms with Crippen molar-refractivity contribution >= 4 is 0 Å². The molecule has 1 heterocycles. The molecule has 0 atom stereocenters. The first kappa shape index (κ1) is 20.1. The molecular formula is C24H26FNO4. The summed E-state index contributed by atoms with van der Waals surface area (Å²) in [7, 11) is 1.63. The highest BCUT2D eigenvalue weighted by Gasteiger charge is 2.32. The molecule has 2 N–H and O–H groups in total. The maximum Gasteiger partial charge on any atom is 0.202 e. The maximum absolute atomic E-state index is 13.1. The van der Waals surface area contributed by atoms with Crippen LogP contribution in [0.2, 0.25) is 0 Å². The van der Waals surface area contributed by atoms with E-state index in [1.54, 1.807) is 19.2 Å². The van der Waals surface area contributed by atoms with Crippen LogP contribution >= 0.6 is 0 Å². The number of aryl methyl sites for hydroxylation is 1. The molecule has 3 aromatic rings. The van der Waals surface area contributed by atoms with E-state index in [0.717, 1.165) is 40.8 Å². The van der Waals surface area contributed by atoms with Crippen LogP contribution in [0.5, 0.6) is 23.3 Å². The van der Waals surface area contributed by atoms with E-state index in [2.05, 4.69) is 0 Å². The molecule has 1 aromatic heterocycles. The Morgan fingerprint density at radius 2 is 1.63 bits per heavy atom. The monoisotopic (exact) mass is 411 g/mol. The Morgan fingerprint density at radius 1 is 0.933 bits per heavy atom. The topological polar surface area (TPSA) is 63.9 Å². The first-order chi connectivity index (χ1) is 14.5. The smallest absolute Gasteiger partial charge is 0.202 e. The van der Waals surface area contributed by atoms with Gasteiger partial charge in [-0.05, 0) is 62.4 Å². The van der Waals surface area contributed by atoms with Crippen LogP contribution in [0.25, 0.3) is 11.1 Å². The van der Waals surface area contributed by atoms with Gasteiger partial charge in [-0.1, -0.05) is 12.1 Å². The molecule has 0 amide bonds. The molecule has 0 spiro atoms. The molecule has 5 nitrogen and oxygen atoms in total. The summed E-state index contributed by atoms with van der Waals surface area (Å²) in [6, 6.07) is 10.2. The molecule has 0 fully saturated rings. The number of hydrogen-bond donors (Lipinski definition) is 2. The minimum atomic E-state index is -0.238. The number of halogens is 1. The lowest BCUT2D eigenvalue weighted by molar-refractivity contribution is 0.310. The quantitative estimate of drug-likeness (QED) is 0.546. The van der Waals surface area contributed by atoms with Gasteiger partial charge in [0.05, 0.1) is 19.3 Å². The SMILES string of the molecule is CCn1c(O)c2c(c1O)-c1c(OCCCc3ccc(F)cc3)ccc(OC)c1CC2. The van der Waals surface area contributed by atoms with E-state index in [0.29, 0.717) is 37.3 Å². The van der Waals surface area contributed by atoms with Crippen LogP contribution in [0, 0.1) is 5.82 Å². The summed E-state index contributed by atoms with van der Waals surface area (Å²) in [5.41, 5.74) is 4.19. The van der Waals surface area contributed by atoms with E-state index in [-0.39, 0.29) is 17.6 Å². The standard InChI is InChI=1S/C24H26FNO4/c1-3-26-23(27)18-11-10-17-19(29-2)12-13-20(21(17)22(18)24(26)28)30-14-4-5-15-6-8-16(25)9-7-15/h6-9,12-13,27-28H,3-5,10-11,14H2,1-2H3. The lowest BCUT2D eigenvalue weighted by Crippen LogP contribution is -2.08. The van der Waals surface area contributed by atoms with Crippen molar-refractivity contribution in [1.82, 2.24) is 4.57 Å². The summed E-state index contributed by atoms with van der Waals surface area (Å²) in [5.74, 6) is 1.33. The van der Waals surface area contributed by atoms with E-state index in [9.17, 15) is 14.6 Å². The minimum Gasteiger partial charge on any atom is -0.496 e. The van der Waals surface area contributed by atoms with Gasteiger partial charge in [0.1, 0.15) is 17.3 Å². The highest BCUT2D eigenvalue weighted by Crippen LogP contribution is 2.51. The largest absolute Gasteiger partial charge is 0.496 e. The molecule has 4 rings (SSSR count). The molecule has 0 unspecified atom stereocenters. The van der Waals surface area contributed by atoms with E-state index in [1.807, 2.05) is 19.1 Å². The van der Waals surface area contributed by atoms with E-state index in [4.69, 9.17) is 9.47 Å². The van der Waals surface area contributed by atoms with Crippen molar-refractivity contribution in [3.05, 3.63) is 58.9 Å². The zero-order chi connectivity index (χ0) is 21.3. The molecule has 158 valence electrons. The van der Waals surface area contributed by atoms with Crippen molar-refractivity contribution in [2.75, 3.05) is 13.7 Å². The predicted molar refractivity (Wildman–Crippen MR) is 113 cm³/mol. The van der Waals surface area contributed by atoms with Crippen LogP contribution in [0.4, 0.5) is 4.39 Å². The van der Waals surface area contributed by atoms with Gasteiger partial charge in [-0.25, -0.2) is 4.39 Å². The number of nitrogens with zero attached hydrogens (tertiary/aromatic N) is 1. The number of methoxy groups -OCH3 is 1. The van der Waals surface area contributed by atoms with Gasteiger partial charge < -0.3 is 19.7 Å². The molecule has 0 aliphatic heterocycles. The number of fused-ring (bicyclic) bond motifs is 3. The van der Waals surface area contributed by atoms with Gasteiger partial charge in [0.15, 0.2) is 5.88 Å². The second-order valence-electron chi connectivity index (χ2n) is 7.44. The third kappa shape index (κ3) is 3.47. The Balaban J connectivity index is 1.62. The van der Waals surface area contributed by atoms with E-state index >= 15 is 0 Å². The van der Waals surface area contributed by atoms with Crippen molar-refractivity contribution < 1.29 is 24.1 Å². The molecule has 2 aromatic carbocycles. The molecule has 6 heteroatoms. The first-order valence-corrected chi connectivity index (χ1v) is 10.3. The third-order valence-corrected chi connectivity index (χ3v) is 5.73. The summed E-state index contributed by atoms with van der Waals surface area (Å²) in [4.78, 5) is 0. The van der Waals surface area contributed by atoms with Gasteiger partial charge in [0.25, 0.3) is 0 Å². The fourth-order valence-corrected chi connectivity index (χ4v) is 4.24. The maximum atomic E-state index is 13.1. The minimum absolute atomic E-state index is 0.0513. The Kier molecular flexibility index (Phi) is 5.57. The lowest BCUT2D eigenvalue weighted by atomic mass is 9.86. The van der Waals surface area contributed by atoms with Crippen LogP contribution in [0.3, 0.4) is 0 Å². The van der Waals surface area contributed by atoms with Gasteiger partial charge >= 0.3 is 0 Å². The molecule has 1 aliphatic rings. The highest BCUT2D eigenvalue weighted by molar-refractivity contribution is 5.86. The number of rotatable bonds is 7. The molecule has 0 saturated heterocycles. The molecule has 0 bridgehead atoms. The van der Waals surface area contributed by atoms with Crippen LogP contribution in [0.15, 0.2) is 36.4 Å². The van der Waals surface area contributed by atoms with Gasteiger partial charge in [0, 0.05) is 23.2 Å². The second kappa shape index (κ2) is 8.30. The fraction of sp³-hybridized carbons (Fsp3) is 0.333. The second-order valence-corrected chi connectivity index (χ2v) is 7.44. The number of aromatic hydroxyl groups is 2. The molecule has 0 radical (unpaired) electrons. The van der Waals surface area contributed by atoms with Gasteiger partial charge in [-0.2, -0.15) is 0 Å². The average Bonchev–Trinajstić information content (AvgIpc) is 3.01. The van der Waals surface area contributed by atoms with E-state index < -0.39 is 0 Å². The molecule has 1 aliphatic carbocycles. The number of benzene rings is 2. The molecule has 0 saturated carbocycles. The van der Waals surface area contributed by atoms with Gasteiger partial charge in [-0.3, -0.25) is 4.57 Å². The summed E-state index contributed by atoms with van der Waals surface area (Å²) >= 11 is 0. The zero-order valence-electron chi connectivity index (χ0n) is 17.2. The molecule has 30 heavy (non-hydrogen) atoms. The zero-order valence-corrected chi connectivity index (χ0v) is 17.2. The summed E-state index contributed by atoms with van der Waals surface area (Å²) in [6.07, 6.45) is 2.87. The van der Waals surface area contributed by atoms with Crippen LogP contribution in [-0.4, -0.2) is 28.5 Å². The van der Waals surface area contributed by atoms with Crippen molar-refractivity contribution in [1.29, 1.82) is 0 Å². The summed E-state index contributed by atoms with van der Waals surface area (Å²) in [6.45, 7) is 2.83. The Labute approximate surface area is 175 Å². The van der Waals surface area contributed by atoms with E-state index in [1.165, 1.54) is 16.7 Å². The average molecular weight is 411 g/mol. The van der Waals surface area contributed by atoms with Crippen molar-refractivity contribution in [3.63, 3.8) is 0 Å². The number of aromatic nitrogens is 1. The molecular weight excluding hydrogens is 385 g/mol. The van der Waals surface area contributed by atoms with Crippen molar-refractivity contribution in [2.45, 2.75) is 39.2 Å². The van der Waals surface area contributed by atoms with Crippen molar-refractivity contribution in [3.8, 4) is 34.4 Å².